The third-order valence-electron chi connectivity index (χ3n) is 3.47. The van der Waals surface area contributed by atoms with Gasteiger partial charge in [-0.3, -0.25) is 4.79 Å². The van der Waals surface area contributed by atoms with Crippen LogP contribution in [0.3, 0.4) is 0 Å². The number of carbonyl (C=O) groups excluding carboxylic acids is 1. The molecular weight excluding hydrogens is 344 g/mol. The summed E-state index contributed by atoms with van der Waals surface area (Å²) in [6.45, 7) is 0.460. The highest BCUT2D eigenvalue weighted by atomic mass is 79.9. The maximum atomic E-state index is 12.3. The van der Waals surface area contributed by atoms with Crippen molar-refractivity contribution in [3.05, 3.63) is 64.1 Å². The number of nitrogens with zero attached hydrogens (tertiary/aromatic N) is 1. The van der Waals surface area contributed by atoms with E-state index in [1.807, 2.05) is 44.4 Å². The maximum Gasteiger partial charge on any atom is 0.255 e. The van der Waals surface area contributed by atoms with Crippen molar-refractivity contribution in [1.82, 2.24) is 10.2 Å². The van der Waals surface area contributed by atoms with Crippen molar-refractivity contribution >= 4 is 21.8 Å². The van der Waals surface area contributed by atoms with Crippen LogP contribution in [0.15, 0.2) is 53.0 Å². The zero-order chi connectivity index (χ0) is 16.1. The van der Waals surface area contributed by atoms with Crippen LogP contribution in [-0.2, 0) is 0 Å². The minimum absolute atomic E-state index is 0.0261. The zero-order valence-corrected chi connectivity index (χ0v) is 14.2. The molecule has 0 heterocycles. The molecule has 1 amide bonds. The predicted molar refractivity (Wildman–Crippen MR) is 91.0 cm³/mol. The molecule has 1 atom stereocenters. The van der Waals surface area contributed by atoms with E-state index < -0.39 is 0 Å². The third kappa shape index (κ3) is 4.08. The van der Waals surface area contributed by atoms with Crippen LogP contribution in [0.2, 0.25) is 0 Å². The molecule has 0 aliphatic carbocycles. The Hall–Kier alpha value is -1.85. The molecule has 2 rings (SSSR count). The number of amides is 1. The molecule has 1 unspecified atom stereocenters. The summed E-state index contributed by atoms with van der Waals surface area (Å²) in [4.78, 5) is 14.3. The molecule has 2 aromatic carbocycles. The van der Waals surface area contributed by atoms with Gasteiger partial charge < -0.3 is 15.3 Å². The fourth-order valence-electron chi connectivity index (χ4n) is 2.25. The summed E-state index contributed by atoms with van der Waals surface area (Å²) in [7, 11) is 3.95. The molecule has 5 heteroatoms. The van der Waals surface area contributed by atoms with Crippen LogP contribution in [0, 0.1) is 0 Å². The highest BCUT2D eigenvalue weighted by Gasteiger charge is 2.17. The lowest BCUT2D eigenvalue weighted by atomic mass is 10.1. The number of phenolic OH excluding ortho intramolecular Hbond substituents is 1. The van der Waals surface area contributed by atoms with Gasteiger partial charge >= 0.3 is 0 Å². The molecule has 116 valence electrons. The summed E-state index contributed by atoms with van der Waals surface area (Å²) in [6, 6.07) is 14.9. The predicted octanol–water partition coefficient (Wildman–Crippen LogP) is 3.19. The molecule has 0 aliphatic heterocycles. The molecule has 0 aromatic heterocycles. The van der Waals surface area contributed by atoms with E-state index in [9.17, 15) is 9.90 Å². The minimum Gasteiger partial charge on any atom is -0.507 e. The van der Waals surface area contributed by atoms with Gasteiger partial charge in [0.15, 0.2) is 0 Å². The van der Waals surface area contributed by atoms with Gasteiger partial charge in [-0.25, -0.2) is 0 Å². The Morgan fingerprint density at radius 1 is 1.23 bits per heavy atom. The first-order valence-electron chi connectivity index (χ1n) is 6.97. The van der Waals surface area contributed by atoms with Crippen molar-refractivity contribution in [1.29, 1.82) is 0 Å². The summed E-state index contributed by atoms with van der Waals surface area (Å²) >= 11 is 3.31. The number of likely N-dealkylation sites (N-methyl/N-ethyl adjacent to an activating group) is 1. The highest BCUT2D eigenvalue weighted by molar-refractivity contribution is 9.10. The van der Waals surface area contributed by atoms with E-state index in [2.05, 4.69) is 26.1 Å². The van der Waals surface area contributed by atoms with Crippen LogP contribution in [0.4, 0.5) is 0 Å². The van der Waals surface area contributed by atoms with Crippen molar-refractivity contribution < 1.29 is 9.90 Å². The summed E-state index contributed by atoms with van der Waals surface area (Å²) < 4.78 is 0.752. The average Bonchev–Trinajstić information content (AvgIpc) is 2.50. The Labute approximate surface area is 138 Å². The molecule has 0 bridgehead atoms. The fraction of sp³-hybridized carbons (Fsp3) is 0.235. The number of hydrogen-bond donors (Lipinski definition) is 2. The van der Waals surface area contributed by atoms with Gasteiger partial charge in [0.05, 0.1) is 11.6 Å². The van der Waals surface area contributed by atoms with Gasteiger partial charge in [-0.1, -0.05) is 46.3 Å². The topological polar surface area (TPSA) is 52.6 Å². The minimum atomic E-state index is -0.290. The van der Waals surface area contributed by atoms with Crippen LogP contribution in [0.1, 0.15) is 22.0 Å². The first kappa shape index (κ1) is 16.5. The van der Waals surface area contributed by atoms with Crippen molar-refractivity contribution in [3.8, 4) is 5.75 Å². The maximum absolute atomic E-state index is 12.3. The number of benzene rings is 2. The smallest absolute Gasteiger partial charge is 0.255 e. The summed E-state index contributed by atoms with van der Waals surface area (Å²) in [5, 5.41) is 12.7. The summed E-state index contributed by atoms with van der Waals surface area (Å²) in [5.74, 6) is -0.316. The normalized spacial score (nSPS) is 12.2. The Kier molecular flexibility index (Phi) is 5.57. The molecule has 2 N–H and O–H groups in total. The van der Waals surface area contributed by atoms with E-state index in [0.29, 0.717) is 6.54 Å². The lowest BCUT2D eigenvalue weighted by Gasteiger charge is -2.25. The molecule has 0 radical (unpaired) electrons. The molecule has 4 nitrogen and oxygen atoms in total. The van der Waals surface area contributed by atoms with Gasteiger partial charge in [0, 0.05) is 11.0 Å². The Morgan fingerprint density at radius 2 is 1.91 bits per heavy atom. The number of nitrogens with one attached hydrogen (secondary N) is 1. The van der Waals surface area contributed by atoms with E-state index in [4.69, 9.17) is 0 Å². The van der Waals surface area contributed by atoms with E-state index >= 15 is 0 Å². The lowest BCUT2D eigenvalue weighted by molar-refractivity contribution is 0.0939. The van der Waals surface area contributed by atoms with Gasteiger partial charge in [-0.2, -0.15) is 0 Å². The first-order chi connectivity index (χ1) is 10.5. The Balaban J connectivity index is 2.10. The van der Waals surface area contributed by atoms with Crippen molar-refractivity contribution in [2.24, 2.45) is 0 Å². The summed E-state index contributed by atoms with van der Waals surface area (Å²) in [6.07, 6.45) is 0. The molecule has 0 saturated carbocycles. The van der Waals surface area contributed by atoms with Gasteiger partial charge in [-0.15, -0.1) is 0 Å². The molecule has 0 saturated heterocycles. The van der Waals surface area contributed by atoms with E-state index in [1.165, 1.54) is 6.07 Å². The van der Waals surface area contributed by atoms with Gasteiger partial charge in [0.1, 0.15) is 5.75 Å². The molecule has 0 fully saturated rings. The van der Waals surface area contributed by atoms with Crippen LogP contribution in [0.25, 0.3) is 0 Å². The SMILES string of the molecule is CN(C)C(CNC(=O)c1cc(Br)ccc1O)c1ccccc1. The molecule has 0 spiro atoms. The van der Waals surface area contributed by atoms with E-state index in [0.717, 1.165) is 10.0 Å². The first-order valence-corrected chi connectivity index (χ1v) is 7.76. The van der Waals surface area contributed by atoms with Gasteiger partial charge in [-0.05, 0) is 37.9 Å². The summed E-state index contributed by atoms with van der Waals surface area (Å²) in [5.41, 5.74) is 1.39. The third-order valence-corrected chi connectivity index (χ3v) is 3.96. The lowest BCUT2D eigenvalue weighted by Crippen LogP contribution is -2.34. The second-order valence-electron chi connectivity index (χ2n) is 5.26. The standard InChI is InChI=1S/C17H19BrN2O2/c1-20(2)15(12-6-4-3-5-7-12)11-19-17(22)14-10-13(18)8-9-16(14)21/h3-10,15,21H,11H2,1-2H3,(H,19,22). The molecule has 22 heavy (non-hydrogen) atoms. The molecule has 0 aliphatic rings. The van der Waals surface area contributed by atoms with Crippen molar-refractivity contribution in [3.63, 3.8) is 0 Å². The molecular formula is C17H19BrN2O2. The second kappa shape index (κ2) is 7.42. The Morgan fingerprint density at radius 3 is 2.55 bits per heavy atom. The number of aromatic hydroxyl groups is 1. The van der Waals surface area contributed by atoms with Gasteiger partial charge in [0.25, 0.3) is 5.91 Å². The number of carbonyl (C=O) groups is 1. The number of hydrogen-bond acceptors (Lipinski definition) is 3. The van der Waals surface area contributed by atoms with Crippen LogP contribution in [0.5, 0.6) is 5.75 Å². The quantitative estimate of drug-likeness (QED) is 0.858. The van der Waals surface area contributed by atoms with Crippen LogP contribution in [-0.4, -0.2) is 36.6 Å². The largest absolute Gasteiger partial charge is 0.507 e. The van der Waals surface area contributed by atoms with E-state index in [-0.39, 0.29) is 23.3 Å². The van der Waals surface area contributed by atoms with Crippen LogP contribution < -0.4 is 5.32 Å². The van der Waals surface area contributed by atoms with Crippen molar-refractivity contribution in [2.45, 2.75) is 6.04 Å². The number of phenols is 1. The Bertz CT molecular complexity index is 644. The fourth-order valence-corrected chi connectivity index (χ4v) is 2.61. The highest BCUT2D eigenvalue weighted by Crippen LogP contribution is 2.22. The van der Waals surface area contributed by atoms with Gasteiger partial charge in [0.2, 0.25) is 0 Å². The number of halogens is 1. The zero-order valence-electron chi connectivity index (χ0n) is 12.6. The molecule has 2 aromatic rings. The van der Waals surface area contributed by atoms with Crippen molar-refractivity contribution in [2.75, 3.05) is 20.6 Å². The number of rotatable bonds is 5. The van der Waals surface area contributed by atoms with Crippen LogP contribution >= 0.6 is 15.9 Å². The average molecular weight is 363 g/mol. The monoisotopic (exact) mass is 362 g/mol. The van der Waals surface area contributed by atoms with E-state index in [1.54, 1.807) is 12.1 Å². The second-order valence-corrected chi connectivity index (χ2v) is 6.18.